The summed E-state index contributed by atoms with van der Waals surface area (Å²) < 4.78 is 12.4. The third-order valence-corrected chi connectivity index (χ3v) is 4.83. The number of rotatable bonds is 6. The zero-order valence-electron chi connectivity index (χ0n) is 15.8. The number of fused-ring (bicyclic) bond motifs is 1. The molecule has 0 unspecified atom stereocenters. The largest absolute Gasteiger partial charge is 0.497 e. The molecule has 0 bridgehead atoms. The molecule has 0 radical (unpaired) electrons. The zero-order valence-corrected chi connectivity index (χ0v) is 15.8. The molecule has 0 fully saturated rings. The van der Waals surface area contributed by atoms with Crippen molar-refractivity contribution in [1.29, 1.82) is 0 Å². The minimum Gasteiger partial charge on any atom is -0.497 e. The van der Waals surface area contributed by atoms with E-state index >= 15 is 0 Å². The Kier molecular flexibility index (Phi) is 4.99. The normalized spacial score (nSPS) is 15.6. The van der Waals surface area contributed by atoms with Crippen LogP contribution in [0.3, 0.4) is 0 Å². The fourth-order valence-electron chi connectivity index (χ4n) is 3.31. The predicted octanol–water partition coefficient (Wildman–Crippen LogP) is 2.60. The summed E-state index contributed by atoms with van der Waals surface area (Å²) in [5, 5.41) is 11.1. The van der Waals surface area contributed by atoms with Gasteiger partial charge in [0.05, 0.1) is 26.5 Å². The van der Waals surface area contributed by atoms with Crippen molar-refractivity contribution >= 4 is 5.91 Å². The summed E-state index contributed by atoms with van der Waals surface area (Å²) in [5.41, 5.74) is 3.26. The lowest BCUT2D eigenvalue weighted by Crippen LogP contribution is -2.45. The Labute approximate surface area is 163 Å². The molecule has 144 valence electrons. The van der Waals surface area contributed by atoms with Crippen molar-refractivity contribution in [1.82, 2.24) is 20.4 Å². The van der Waals surface area contributed by atoms with Crippen molar-refractivity contribution in [3.8, 4) is 22.8 Å². The molecule has 2 heterocycles. The maximum absolute atomic E-state index is 12.3. The molecule has 0 saturated carbocycles. The molecule has 1 aromatic heterocycles. The second-order valence-corrected chi connectivity index (χ2v) is 6.51. The summed E-state index contributed by atoms with van der Waals surface area (Å²) in [7, 11) is 3.29. The summed E-state index contributed by atoms with van der Waals surface area (Å²) in [6.07, 6.45) is -0.149. The quantitative estimate of drug-likeness (QED) is 0.689. The highest BCUT2D eigenvalue weighted by molar-refractivity contribution is 5.94. The Morgan fingerprint density at radius 3 is 2.68 bits per heavy atom. The van der Waals surface area contributed by atoms with Gasteiger partial charge in [-0.2, -0.15) is 5.10 Å². The molecule has 2 N–H and O–H groups in total. The second kappa shape index (κ2) is 7.74. The minimum absolute atomic E-state index is 0.123. The van der Waals surface area contributed by atoms with Gasteiger partial charge in [-0.1, -0.05) is 18.2 Å². The first-order valence-electron chi connectivity index (χ1n) is 9.07. The lowest BCUT2D eigenvalue weighted by molar-refractivity contribution is 0.0900. The van der Waals surface area contributed by atoms with Gasteiger partial charge in [0.25, 0.3) is 5.91 Å². The maximum atomic E-state index is 12.3. The minimum atomic E-state index is -0.149. The van der Waals surface area contributed by atoms with Crippen molar-refractivity contribution in [3.63, 3.8) is 0 Å². The van der Waals surface area contributed by atoms with Crippen LogP contribution in [0.15, 0.2) is 54.6 Å². The van der Waals surface area contributed by atoms with Gasteiger partial charge in [-0.05, 0) is 36.4 Å². The Morgan fingerprint density at radius 2 is 1.93 bits per heavy atom. The molecule has 28 heavy (non-hydrogen) atoms. The molecular weight excluding hydrogens is 356 g/mol. The van der Waals surface area contributed by atoms with Crippen LogP contribution >= 0.6 is 0 Å². The van der Waals surface area contributed by atoms with E-state index < -0.39 is 0 Å². The van der Waals surface area contributed by atoms with Crippen molar-refractivity contribution in [2.45, 2.75) is 12.7 Å². The number of aromatic nitrogens is 2. The number of methoxy groups -OCH3 is 2. The number of nitrogens with zero attached hydrogens (tertiary/aromatic N) is 2. The predicted molar refractivity (Wildman–Crippen MR) is 105 cm³/mol. The number of hydrogen-bond acceptors (Lipinski definition) is 5. The molecule has 7 nitrogen and oxygen atoms in total. The number of benzene rings is 2. The van der Waals surface area contributed by atoms with Crippen LogP contribution in [0.25, 0.3) is 11.3 Å². The Bertz CT molecular complexity index is 982. The first-order valence-corrected chi connectivity index (χ1v) is 9.07. The number of carbonyl (C=O) groups excluding carboxylic acids is 1. The lowest BCUT2D eigenvalue weighted by atomic mass is 10.1. The summed E-state index contributed by atoms with van der Waals surface area (Å²) in [5.74, 6) is 1.49. The standard InChI is InChI=1S/C21H22N4O3/c1-27-16-9-7-14(8-10-16)17-11-18-21(26)23-13-20(25(18)24-17)22-12-15-5-3-4-6-19(15)28-2/h3-11,20,22H,12-13H2,1-2H3,(H,23,26)/t20-/m1/s1. The molecule has 1 aliphatic rings. The molecule has 4 rings (SSSR count). The van der Waals surface area contributed by atoms with E-state index in [-0.39, 0.29) is 12.1 Å². The van der Waals surface area contributed by atoms with Crippen LogP contribution in [-0.2, 0) is 6.54 Å². The van der Waals surface area contributed by atoms with E-state index in [2.05, 4.69) is 15.7 Å². The Morgan fingerprint density at radius 1 is 1.14 bits per heavy atom. The summed E-state index contributed by atoms with van der Waals surface area (Å²) in [6.45, 7) is 1.06. The van der Waals surface area contributed by atoms with Gasteiger partial charge in [-0.25, -0.2) is 4.68 Å². The van der Waals surface area contributed by atoms with Gasteiger partial charge in [0.15, 0.2) is 0 Å². The molecular formula is C21H22N4O3. The molecule has 2 aromatic carbocycles. The number of para-hydroxylation sites is 1. The van der Waals surface area contributed by atoms with Gasteiger partial charge in [0.1, 0.15) is 23.4 Å². The average molecular weight is 378 g/mol. The molecule has 3 aromatic rings. The summed E-state index contributed by atoms with van der Waals surface area (Å²) in [4.78, 5) is 12.3. The van der Waals surface area contributed by atoms with E-state index in [1.165, 1.54) is 0 Å². The van der Waals surface area contributed by atoms with E-state index in [0.29, 0.717) is 18.8 Å². The lowest BCUT2D eigenvalue weighted by Gasteiger charge is -2.26. The number of carbonyl (C=O) groups is 1. The van der Waals surface area contributed by atoms with E-state index in [0.717, 1.165) is 28.3 Å². The molecule has 1 aliphatic heterocycles. The first-order chi connectivity index (χ1) is 13.7. The van der Waals surface area contributed by atoms with Gasteiger partial charge in [-0.3, -0.25) is 10.1 Å². The Balaban J connectivity index is 1.58. The molecule has 0 aliphatic carbocycles. The van der Waals surface area contributed by atoms with Crippen molar-refractivity contribution < 1.29 is 14.3 Å². The van der Waals surface area contributed by atoms with Crippen LogP contribution in [0.1, 0.15) is 22.2 Å². The van der Waals surface area contributed by atoms with E-state index in [1.807, 2.05) is 54.6 Å². The molecule has 0 saturated heterocycles. The SMILES string of the molecule is COc1ccc(-c2cc3n(n2)[C@@H](NCc2ccccc2OC)CNC3=O)cc1. The maximum Gasteiger partial charge on any atom is 0.269 e. The van der Waals surface area contributed by atoms with Crippen LogP contribution in [0.2, 0.25) is 0 Å². The highest BCUT2D eigenvalue weighted by Crippen LogP contribution is 2.25. The van der Waals surface area contributed by atoms with E-state index in [1.54, 1.807) is 18.9 Å². The smallest absolute Gasteiger partial charge is 0.269 e. The number of nitrogens with one attached hydrogen (secondary N) is 2. The fourth-order valence-corrected chi connectivity index (χ4v) is 3.31. The number of amides is 1. The van der Waals surface area contributed by atoms with Crippen LogP contribution in [0.4, 0.5) is 0 Å². The van der Waals surface area contributed by atoms with Crippen molar-refractivity contribution in [2.24, 2.45) is 0 Å². The van der Waals surface area contributed by atoms with E-state index in [4.69, 9.17) is 9.47 Å². The summed E-state index contributed by atoms with van der Waals surface area (Å²) >= 11 is 0. The first kappa shape index (κ1) is 18.1. The molecule has 0 spiro atoms. The highest BCUT2D eigenvalue weighted by Gasteiger charge is 2.27. The van der Waals surface area contributed by atoms with Crippen LogP contribution in [0.5, 0.6) is 11.5 Å². The second-order valence-electron chi connectivity index (χ2n) is 6.51. The summed E-state index contributed by atoms with van der Waals surface area (Å²) in [6, 6.07) is 17.3. The third kappa shape index (κ3) is 3.44. The monoisotopic (exact) mass is 378 g/mol. The Hall–Kier alpha value is -3.32. The van der Waals surface area contributed by atoms with Gasteiger partial charge >= 0.3 is 0 Å². The van der Waals surface area contributed by atoms with Gasteiger partial charge in [0.2, 0.25) is 0 Å². The number of ether oxygens (including phenoxy) is 2. The van der Waals surface area contributed by atoms with Crippen LogP contribution in [0, 0.1) is 0 Å². The molecule has 7 heteroatoms. The third-order valence-electron chi connectivity index (χ3n) is 4.83. The van der Waals surface area contributed by atoms with E-state index in [9.17, 15) is 4.79 Å². The highest BCUT2D eigenvalue weighted by atomic mass is 16.5. The molecule has 1 amide bonds. The van der Waals surface area contributed by atoms with Crippen LogP contribution in [-0.4, -0.2) is 36.5 Å². The van der Waals surface area contributed by atoms with Gasteiger partial charge in [-0.15, -0.1) is 0 Å². The fraction of sp³-hybridized carbons (Fsp3) is 0.238. The van der Waals surface area contributed by atoms with Gasteiger partial charge in [0, 0.05) is 17.7 Å². The molecule has 1 atom stereocenters. The van der Waals surface area contributed by atoms with Crippen molar-refractivity contribution in [2.75, 3.05) is 20.8 Å². The average Bonchev–Trinajstić information content (AvgIpc) is 3.20. The van der Waals surface area contributed by atoms with Crippen LogP contribution < -0.4 is 20.1 Å². The topological polar surface area (TPSA) is 77.4 Å². The zero-order chi connectivity index (χ0) is 19.5. The number of hydrogen-bond donors (Lipinski definition) is 2. The van der Waals surface area contributed by atoms with Crippen molar-refractivity contribution in [3.05, 3.63) is 65.9 Å². The van der Waals surface area contributed by atoms with Gasteiger partial charge < -0.3 is 14.8 Å².